The van der Waals surface area contributed by atoms with Crippen molar-refractivity contribution in [3.05, 3.63) is 47.5 Å². The molecule has 0 unspecified atom stereocenters. The number of imidazole rings is 1. The van der Waals surface area contributed by atoms with Crippen molar-refractivity contribution in [1.82, 2.24) is 14.5 Å². The number of nitrogens with one attached hydrogen (secondary N) is 1. The van der Waals surface area contributed by atoms with Gasteiger partial charge >= 0.3 is 0 Å². The summed E-state index contributed by atoms with van der Waals surface area (Å²) in [6.07, 6.45) is 3.76. The Morgan fingerprint density at radius 1 is 1.33 bits per heavy atom. The number of aromatic nitrogens is 2. The number of hydrogen-bond donors (Lipinski definition) is 1. The fraction of sp³-hybridized carbons (Fsp3) is 0.474. The van der Waals surface area contributed by atoms with Gasteiger partial charge < -0.3 is 9.88 Å². The average molecular weight is 328 g/mol. The lowest BCUT2D eigenvalue weighted by atomic mass is 9.98. The molecule has 0 aliphatic carbocycles. The van der Waals surface area contributed by atoms with Gasteiger partial charge in [-0.1, -0.05) is 32.0 Å². The standard InChI is InChI=1S/C19H28N4O/c1-14(2)17-8-6-7-15(3)19(17)21-18(24)13-22(5)11-12-23-10-9-20-16(23)4/h6-10,14H,11-13H2,1-5H3,(H,21,24). The number of hydrogen-bond acceptors (Lipinski definition) is 3. The molecule has 0 fully saturated rings. The quantitative estimate of drug-likeness (QED) is 0.849. The van der Waals surface area contributed by atoms with Gasteiger partial charge in [0.15, 0.2) is 0 Å². The summed E-state index contributed by atoms with van der Waals surface area (Å²) in [4.78, 5) is 18.6. The second-order valence-electron chi connectivity index (χ2n) is 6.65. The molecule has 0 saturated carbocycles. The zero-order valence-corrected chi connectivity index (χ0v) is 15.3. The predicted molar refractivity (Wildman–Crippen MR) is 98.4 cm³/mol. The van der Waals surface area contributed by atoms with Crippen molar-refractivity contribution in [3.63, 3.8) is 0 Å². The number of carbonyl (C=O) groups is 1. The van der Waals surface area contributed by atoms with Gasteiger partial charge in [0.1, 0.15) is 5.82 Å². The SMILES string of the molecule is Cc1cccc(C(C)C)c1NC(=O)CN(C)CCn1ccnc1C. The van der Waals surface area contributed by atoms with Gasteiger partial charge in [0.05, 0.1) is 6.54 Å². The van der Waals surface area contributed by atoms with E-state index in [0.717, 1.165) is 30.2 Å². The summed E-state index contributed by atoms with van der Waals surface area (Å²) in [5, 5.41) is 3.10. The third-order valence-corrected chi connectivity index (χ3v) is 4.25. The molecule has 0 radical (unpaired) electrons. The summed E-state index contributed by atoms with van der Waals surface area (Å²) < 4.78 is 2.09. The van der Waals surface area contributed by atoms with Crippen LogP contribution < -0.4 is 5.32 Å². The number of nitrogens with zero attached hydrogens (tertiary/aromatic N) is 3. The van der Waals surface area contributed by atoms with Crippen molar-refractivity contribution in [2.45, 2.75) is 40.2 Å². The van der Waals surface area contributed by atoms with Gasteiger partial charge in [-0.2, -0.15) is 0 Å². The summed E-state index contributed by atoms with van der Waals surface area (Å²) in [5.74, 6) is 1.40. The van der Waals surface area contributed by atoms with Crippen LogP contribution in [0.25, 0.3) is 0 Å². The molecule has 24 heavy (non-hydrogen) atoms. The van der Waals surface area contributed by atoms with Crippen molar-refractivity contribution in [3.8, 4) is 0 Å². The highest BCUT2D eigenvalue weighted by atomic mass is 16.2. The third kappa shape index (κ3) is 4.68. The average Bonchev–Trinajstić information content (AvgIpc) is 2.92. The van der Waals surface area contributed by atoms with Crippen molar-refractivity contribution >= 4 is 11.6 Å². The van der Waals surface area contributed by atoms with Gasteiger partial charge in [0.2, 0.25) is 5.91 Å². The van der Waals surface area contributed by atoms with E-state index in [1.807, 2.05) is 44.1 Å². The van der Waals surface area contributed by atoms with Crippen LogP contribution in [0.15, 0.2) is 30.6 Å². The zero-order chi connectivity index (χ0) is 17.7. The molecular formula is C19H28N4O. The number of rotatable bonds is 7. The molecule has 2 rings (SSSR count). The van der Waals surface area contributed by atoms with E-state index in [1.165, 1.54) is 5.56 Å². The number of anilines is 1. The van der Waals surface area contributed by atoms with Gasteiger partial charge in [0.25, 0.3) is 0 Å². The van der Waals surface area contributed by atoms with Crippen LogP contribution >= 0.6 is 0 Å². The molecule has 1 N–H and O–H groups in total. The monoisotopic (exact) mass is 328 g/mol. The molecule has 5 nitrogen and oxygen atoms in total. The van der Waals surface area contributed by atoms with Crippen molar-refractivity contribution in [2.75, 3.05) is 25.5 Å². The van der Waals surface area contributed by atoms with E-state index in [2.05, 4.69) is 34.8 Å². The lowest BCUT2D eigenvalue weighted by Gasteiger charge is -2.20. The Labute approximate surface area is 144 Å². The highest BCUT2D eigenvalue weighted by Gasteiger charge is 2.13. The molecule has 0 atom stereocenters. The Morgan fingerprint density at radius 2 is 2.08 bits per heavy atom. The number of aryl methyl sites for hydroxylation is 2. The molecule has 5 heteroatoms. The minimum absolute atomic E-state index is 0.0241. The number of benzene rings is 1. The van der Waals surface area contributed by atoms with E-state index in [1.54, 1.807) is 6.20 Å². The number of amides is 1. The maximum absolute atomic E-state index is 12.4. The van der Waals surface area contributed by atoms with E-state index in [4.69, 9.17) is 0 Å². The molecule has 2 aromatic rings. The first-order valence-electron chi connectivity index (χ1n) is 8.44. The topological polar surface area (TPSA) is 50.2 Å². The molecule has 1 aromatic carbocycles. The Balaban J connectivity index is 1.92. The van der Waals surface area contributed by atoms with E-state index < -0.39 is 0 Å². The fourth-order valence-electron chi connectivity index (χ4n) is 2.76. The molecular weight excluding hydrogens is 300 g/mol. The Kier molecular flexibility index (Phi) is 6.15. The van der Waals surface area contributed by atoms with E-state index in [9.17, 15) is 4.79 Å². The molecule has 0 aliphatic heterocycles. The van der Waals surface area contributed by atoms with Gasteiger partial charge in [0, 0.05) is 31.2 Å². The second kappa shape index (κ2) is 8.11. The van der Waals surface area contributed by atoms with Gasteiger partial charge in [-0.3, -0.25) is 9.69 Å². The van der Waals surface area contributed by atoms with Crippen LogP contribution in [0.4, 0.5) is 5.69 Å². The van der Waals surface area contributed by atoms with Crippen LogP contribution in [0.3, 0.4) is 0 Å². The second-order valence-corrected chi connectivity index (χ2v) is 6.65. The molecule has 130 valence electrons. The number of para-hydroxylation sites is 1. The smallest absolute Gasteiger partial charge is 0.238 e. The summed E-state index contributed by atoms with van der Waals surface area (Å²) in [5.41, 5.74) is 3.24. The highest BCUT2D eigenvalue weighted by Crippen LogP contribution is 2.27. The van der Waals surface area contributed by atoms with Gasteiger partial charge in [-0.15, -0.1) is 0 Å². The minimum Gasteiger partial charge on any atom is -0.334 e. The first-order chi connectivity index (χ1) is 11.4. The maximum Gasteiger partial charge on any atom is 0.238 e. The molecule has 0 saturated heterocycles. The van der Waals surface area contributed by atoms with Crippen LogP contribution in [-0.2, 0) is 11.3 Å². The van der Waals surface area contributed by atoms with E-state index in [0.29, 0.717) is 12.5 Å². The van der Waals surface area contributed by atoms with Gasteiger partial charge in [-0.25, -0.2) is 4.98 Å². The van der Waals surface area contributed by atoms with Crippen LogP contribution in [0.1, 0.15) is 36.7 Å². The van der Waals surface area contributed by atoms with Crippen LogP contribution in [0, 0.1) is 13.8 Å². The number of carbonyl (C=O) groups excluding carboxylic acids is 1. The van der Waals surface area contributed by atoms with Crippen LogP contribution in [-0.4, -0.2) is 40.5 Å². The normalized spacial score (nSPS) is 11.3. The lowest BCUT2D eigenvalue weighted by molar-refractivity contribution is -0.117. The van der Waals surface area contributed by atoms with Crippen molar-refractivity contribution < 1.29 is 4.79 Å². The molecule has 1 aromatic heterocycles. The minimum atomic E-state index is 0.0241. The summed E-state index contributed by atoms with van der Waals surface area (Å²) in [7, 11) is 1.97. The largest absolute Gasteiger partial charge is 0.334 e. The Hall–Kier alpha value is -2.14. The third-order valence-electron chi connectivity index (χ3n) is 4.25. The highest BCUT2D eigenvalue weighted by molar-refractivity contribution is 5.93. The van der Waals surface area contributed by atoms with Crippen LogP contribution in [0.5, 0.6) is 0 Å². The summed E-state index contributed by atoms with van der Waals surface area (Å²) in [6, 6.07) is 6.16. The first-order valence-corrected chi connectivity index (χ1v) is 8.44. The fourth-order valence-corrected chi connectivity index (χ4v) is 2.76. The maximum atomic E-state index is 12.4. The lowest BCUT2D eigenvalue weighted by Crippen LogP contribution is -2.33. The Bertz CT molecular complexity index is 690. The van der Waals surface area contributed by atoms with E-state index >= 15 is 0 Å². The molecule has 0 aliphatic rings. The zero-order valence-electron chi connectivity index (χ0n) is 15.3. The Morgan fingerprint density at radius 3 is 2.71 bits per heavy atom. The molecule has 0 spiro atoms. The first kappa shape index (κ1) is 18.2. The van der Waals surface area contributed by atoms with Crippen molar-refractivity contribution in [2.24, 2.45) is 0 Å². The van der Waals surface area contributed by atoms with E-state index in [-0.39, 0.29) is 5.91 Å². The summed E-state index contributed by atoms with van der Waals surface area (Å²) >= 11 is 0. The van der Waals surface area contributed by atoms with Crippen molar-refractivity contribution in [1.29, 1.82) is 0 Å². The summed E-state index contributed by atoms with van der Waals surface area (Å²) in [6.45, 7) is 10.3. The number of likely N-dealkylation sites (N-methyl/N-ethyl adjacent to an activating group) is 1. The molecule has 0 bridgehead atoms. The predicted octanol–water partition coefficient (Wildman–Crippen LogP) is 3.19. The van der Waals surface area contributed by atoms with Crippen LogP contribution in [0.2, 0.25) is 0 Å². The molecule has 1 amide bonds. The molecule has 1 heterocycles. The van der Waals surface area contributed by atoms with Gasteiger partial charge in [-0.05, 0) is 37.9 Å².